The summed E-state index contributed by atoms with van der Waals surface area (Å²) in [7, 11) is 0. The zero-order valence-electron chi connectivity index (χ0n) is 10.1. The van der Waals surface area contributed by atoms with Crippen molar-refractivity contribution in [3.05, 3.63) is 40.0 Å². The summed E-state index contributed by atoms with van der Waals surface area (Å²) in [5.41, 5.74) is 0.856. The number of amides is 1. The van der Waals surface area contributed by atoms with Crippen molar-refractivity contribution in [3.8, 4) is 0 Å². The van der Waals surface area contributed by atoms with E-state index >= 15 is 0 Å². The Hall–Kier alpha value is -0.840. The quantitative estimate of drug-likeness (QED) is 0.756. The van der Waals surface area contributed by atoms with Crippen LogP contribution in [-0.4, -0.2) is 5.91 Å². The number of carbonyl (C=O) groups is 1. The molecule has 1 rings (SSSR count). The van der Waals surface area contributed by atoms with Crippen molar-refractivity contribution in [3.63, 3.8) is 0 Å². The zero-order valence-corrected chi connectivity index (χ0v) is 12.2. The van der Waals surface area contributed by atoms with Gasteiger partial charge in [0.25, 0.3) is 0 Å². The molecule has 1 N–H and O–H groups in total. The smallest absolute Gasteiger partial charge is 0.228 e. The molecule has 0 heterocycles. The number of rotatable bonds is 6. The van der Waals surface area contributed by atoms with E-state index in [-0.39, 0.29) is 5.91 Å². The highest BCUT2D eigenvalue weighted by Gasteiger charge is 2.00. The molecule has 92 valence electrons. The highest BCUT2D eigenvalue weighted by Crippen LogP contribution is 2.16. The van der Waals surface area contributed by atoms with E-state index in [0.717, 1.165) is 12.1 Å². The lowest BCUT2D eigenvalue weighted by Crippen LogP contribution is -2.09. The average Bonchev–Trinajstić information content (AvgIpc) is 2.35. The number of nitrogens with one attached hydrogen (secondary N) is 1. The number of unbranched alkanes of at least 4 members (excludes halogenated alkanes) is 1. The van der Waals surface area contributed by atoms with Gasteiger partial charge in [0.2, 0.25) is 5.91 Å². The van der Waals surface area contributed by atoms with Crippen LogP contribution in [0, 0.1) is 0 Å². The average molecular weight is 343 g/mol. The van der Waals surface area contributed by atoms with Gasteiger partial charge in [-0.05, 0) is 51.1 Å². The molecule has 1 amide bonds. The van der Waals surface area contributed by atoms with Gasteiger partial charge in [0.05, 0.1) is 0 Å². The maximum absolute atomic E-state index is 11.6. The minimum absolute atomic E-state index is 0.0434. The second kappa shape index (κ2) is 8.28. The van der Waals surface area contributed by atoms with Crippen molar-refractivity contribution in [2.45, 2.75) is 32.6 Å². The van der Waals surface area contributed by atoms with Gasteiger partial charge < -0.3 is 5.32 Å². The topological polar surface area (TPSA) is 29.1 Å². The molecule has 3 heteroatoms. The lowest BCUT2D eigenvalue weighted by molar-refractivity contribution is -0.115. The fourth-order valence-corrected chi connectivity index (χ4v) is 1.99. The number of allylic oxidation sites excluding steroid dienone is 1. The Morgan fingerprint density at radius 3 is 2.71 bits per heavy atom. The van der Waals surface area contributed by atoms with Gasteiger partial charge in [0.1, 0.15) is 0 Å². The van der Waals surface area contributed by atoms with Gasteiger partial charge in [0.15, 0.2) is 0 Å². The highest BCUT2D eigenvalue weighted by molar-refractivity contribution is 14.1. The number of anilines is 1. The van der Waals surface area contributed by atoms with E-state index in [1.165, 1.54) is 16.4 Å². The van der Waals surface area contributed by atoms with E-state index in [2.05, 4.69) is 34.8 Å². The third-order valence-corrected chi connectivity index (χ3v) is 3.32. The van der Waals surface area contributed by atoms with Crippen molar-refractivity contribution < 1.29 is 4.79 Å². The lowest BCUT2D eigenvalue weighted by Gasteiger charge is -2.03. The maximum Gasteiger partial charge on any atom is 0.228 e. The molecule has 0 aliphatic rings. The van der Waals surface area contributed by atoms with Crippen LogP contribution in [0.25, 0.3) is 0 Å². The summed E-state index contributed by atoms with van der Waals surface area (Å²) in [6, 6.07) is 9.55. The van der Waals surface area contributed by atoms with E-state index in [1.807, 2.05) is 36.4 Å². The molecule has 0 saturated carbocycles. The lowest BCUT2D eigenvalue weighted by atomic mass is 10.2. The van der Waals surface area contributed by atoms with Crippen molar-refractivity contribution >= 4 is 34.2 Å². The molecule has 0 aliphatic carbocycles. The van der Waals surface area contributed by atoms with E-state index in [1.54, 1.807) is 0 Å². The SMILES string of the molecule is CCCC/C(I)=C/CC(=O)Nc1ccccc1. The van der Waals surface area contributed by atoms with Crippen molar-refractivity contribution in [2.75, 3.05) is 5.32 Å². The summed E-state index contributed by atoms with van der Waals surface area (Å²) >= 11 is 2.31. The van der Waals surface area contributed by atoms with E-state index in [4.69, 9.17) is 0 Å². The Morgan fingerprint density at radius 1 is 1.35 bits per heavy atom. The first-order valence-electron chi connectivity index (χ1n) is 5.91. The molecule has 0 bridgehead atoms. The van der Waals surface area contributed by atoms with Crippen molar-refractivity contribution in [1.82, 2.24) is 0 Å². The fourth-order valence-electron chi connectivity index (χ4n) is 1.38. The number of benzene rings is 1. The van der Waals surface area contributed by atoms with Crippen LogP contribution in [0.3, 0.4) is 0 Å². The number of para-hydroxylation sites is 1. The number of halogens is 1. The Balaban J connectivity index is 2.35. The molecule has 2 nitrogen and oxygen atoms in total. The summed E-state index contributed by atoms with van der Waals surface area (Å²) in [5, 5.41) is 2.87. The van der Waals surface area contributed by atoms with Crippen molar-refractivity contribution in [2.24, 2.45) is 0 Å². The molecule has 0 saturated heterocycles. The molecule has 17 heavy (non-hydrogen) atoms. The summed E-state index contributed by atoms with van der Waals surface area (Å²) in [5.74, 6) is 0.0434. The van der Waals surface area contributed by atoms with Crippen molar-refractivity contribution in [1.29, 1.82) is 0 Å². The van der Waals surface area contributed by atoms with Crippen LogP contribution in [0.1, 0.15) is 32.6 Å². The highest BCUT2D eigenvalue weighted by atomic mass is 127. The van der Waals surface area contributed by atoms with Crippen LogP contribution in [0.5, 0.6) is 0 Å². The van der Waals surface area contributed by atoms with Gasteiger partial charge in [-0.2, -0.15) is 0 Å². The van der Waals surface area contributed by atoms with Gasteiger partial charge in [-0.3, -0.25) is 4.79 Å². The minimum atomic E-state index is 0.0434. The molecule has 0 spiro atoms. The van der Waals surface area contributed by atoms with Crippen LogP contribution >= 0.6 is 22.6 Å². The Morgan fingerprint density at radius 2 is 2.06 bits per heavy atom. The van der Waals surface area contributed by atoms with Gasteiger partial charge in [-0.1, -0.05) is 37.6 Å². The number of hydrogen-bond acceptors (Lipinski definition) is 1. The van der Waals surface area contributed by atoms with Crippen LogP contribution in [0.2, 0.25) is 0 Å². The first-order valence-corrected chi connectivity index (χ1v) is 6.99. The second-order valence-electron chi connectivity index (χ2n) is 3.87. The first kappa shape index (κ1) is 14.2. The summed E-state index contributed by atoms with van der Waals surface area (Å²) in [4.78, 5) is 11.6. The van der Waals surface area contributed by atoms with Gasteiger partial charge >= 0.3 is 0 Å². The fraction of sp³-hybridized carbons (Fsp3) is 0.357. The molecule has 0 aromatic heterocycles. The van der Waals surface area contributed by atoms with Crippen LogP contribution < -0.4 is 5.32 Å². The van der Waals surface area contributed by atoms with Crippen LogP contribution in [-0.2, 0) is 4.79 Å². The molecule has 1 aromatic rings. The summed E-state index contributed by atoms with van der Waals surface area (Å²) in [6.07, 6.45) is 5.92. The Labute approximate surface area is 117 Å². The van der Waals surface area contributed by atoms with Gasteiger partial charge in [-0.15, -0.1) is 0 Å². The molecule has 0 atom stereocenters. The second-order valence-corrected chi connectivity index (χ2v) is 5.26. The predicted octanol–water partition coefficient (Wildman–Crippen LogP) is 4.52. The molecule has 0 fully saturated rings. The monoisotopic (exact) mass is 343 g/mol. The number of carbonyl (C=O) groups excluding carboxylic acids is 1. The molecule has 0 unspecified atom stereocenters. The van der Waals surface area contributed by atoms with Crippen LogP contribution in [0.15, 0.2) is 40.0 Å². The molecule has 0 aliphatic heterocycles. The summed E-state index contributed by atoms with van der Waals surface area (Å²) < 4.78 is 1.27. The van der Waals surface area contributed by atoms with Crippen LogP contribution in [0.4, 0.5) is 5.69 Å². The minimum Gasteiger partial charge on any atom is -0.326 e. The zero-order chi connectivity index (χ0) is 12.5. The molecular weight excluding hydrogens is 325 g/mol. The molecular formula is C14H18INO. The van der Waals surface area contributed by atoms with E-state index in [9.17, 15) is 4.79 Å². The largest absolute Gasteiger partial charge is 0.326 e. The molecule has 1 aromatic carbocycles. The first-order chi connectivity index (χ1) is 8.22. The van der Waals surface area contributed by atoms with Gasteiger partial charge in [-0.25, -0.2) is 0 Å². The molecule has 0 radical (unpaired) electrons. The third-order valence-electron chi connectivity index (χ3n) is 2.34. The Bertz CT molecular complexity index is 373. The summed E-state index contributed by atoms with van der Waals surface area (Å²) in [6.45, 7) is 2.17. The van der Waals surface area contributed by atoms with Gasteiger partial charge in [0, 0.05) is 12.1 Å². The third kappa shape index (κ3) is 6.46. The number of hydrogen-bond donors (Lipinski definition) is 1. The van der Waals surface area contributed by atoms with E-state index in [0.29, 0.717) is 6.42 Å². The standard InChI is InChI=1S/C14H18INO/c1-2-3-7-12(15)10-11-14(17)16-13-8-5-4-6-9-13/h4-6,8-10H,2-3,7,11H2,1H3,(H,16,17)/b12-10-. The van der Waals surface area contributed by atoms with E-state index < -0.39 is 0 Å². The normalized spacial score (nSPS) is 11.3. The predicted molar refractivity (Wildman–Crippen MR) is 81.3 cm³/mol. The Kier molecular flexibility index (Phi) is 6.93. The maximum atomic E-state index is 11.6.